The standard InChI is InChI=1S/C20H23F3N2O5S/c1-4-29-18(26)19(2,3)30-17-9-5-8-16(11-17)25(13-15-7-6-10-24-12-15)31(27,28)14-20(21,22)23/h5-12H,4,13-14H2,1-3H3. The molecule has 1 heterocycles. The molecular weight excluding hydrogens is 437 g/mol. The van der Waals surface area contributed by atoms with Gasteiger partial charge in [-0.3, -0.25) is 9.29 Å². The Morgan fingerprint density at radius 3 is 2.45 bits per heavy atom. The molecule has 1 aromatic carbocycles. The van der Waals surface area contributed by atoms with E-state index in [1.165, 1.54) is 50.5 Å². The lowest BCUT2D eigenvalue weighted by molar-refractivity contribution is -0.158. The fourth-order valence-electron chi connectivity index (χ4n) is 2.64. The first-order valence-electron chi connectivity index (χ1n) is 9.26. The summed E-state index contributed by atoms with van der Waals surface area (Å²) in [7, 11) is -4.78. The number of nitrogens with zero attached hydrogens (tertiary/aromatic N) is 2. The minimum Gasteiger partial charge on any atom is -0.476 e. The van der Waals surface area contributed by atoms with E-state index in [1.54, 1.807) is 19.1 Å². The van der Waals surface area contributed by atoms with Crippen LogP contribution in [0.3, 0.4) is 0 Å². The van der Waals surface area contributed by atoms with Gasteiger partial charge < -0.3 is 9.47 Å². The van der Waals surface area contributed by atoms with E-state index in [2.05, 4.69) is 4.98 Å². The molecule has 31 heavy (non-hydrogen) atoms. The molecule has 0 spiro atoms. The van der Waals surface area contributed by atoms with Crippen LogP contribution >= 0.6 is 0 Å². The van der Waals surface area contributed by atoms with E-state index in [4.69, 9.17) is 9.47 Å². The molecule has 0 aliphatic heterocycles. The van der Waals surface area contributed by atoms with Crippen molar-refractivity contribution in [2.75, 3.05) is 16.7 Å². The van der Waals surface area contributed by atoms with Gasteiger partial charge in [-0.2, -0.15) is 13.2 Å². The van der Waals surface area contributed by atoms with Crippen LogP contribution < -0.4 is 9.04 Å². The van der Waals surface area contributed by atoms with E-state index >= 15 is 0 Å². The summed E-state index contributed by atoms with van der Waals surface area (Å²) in [5, 5.41) is 0. The normalized spacial score (nSPS) is 12.3. The van der Waals surface area contributed by atoms with E-state index in [9.17, 15) is 26.4 Å². The molecule has 0 saturated carbocycles. The number of alkyl halides is 3. The Hall–Kier alpha value is -2.82. The number of anilines is 1. The number of rotatable bonds is 9. The molecule has 0 unspecified atom stereocenters. The Morgan fingerprint density at radius 2 is 1.87 bits per heavy atom. The minimum atomic E-state index is -4.92. The molecule has 0 fully saturated rings. The summed E-state index contributed by atoms with van der Waals surface area (Å²) in [6, 6.07) is 8.58. The number of pyridine rings is 1. The summed E-state index contributed by atoms with van der Waals surface area (Å²) < 4.78 is 75.3. The van der Waals surface area contributed by atoms with Crippen molar-refractivity contribution < 1.29 is 35.9 Å². The third kappa shape index (κ3) is 7.12. The van der Waals surface area contributed by atoms with Crippen LogP contribution in [0.2, 0.25) is 0 Å². The number of carbonyl (C=O) groups excluding carboxylic acids is 1. The van der Waals surface area contributed by atoms with Crippen molar-refractivity contribution in [1.82, 2.24) is 4.98 Å². The van der Waals surface area contributed by atoms with Gasteiger partial charge in [0.05, 0.1) is 18.8 Å². The number of halogens is 3. The van der Waals surface area contributed by atoms with Crippen molar-refractivity contribution in [1.29, 1.82) is 0 Å². The number of ether oxygens (including phenoxy) is 2. The van der Waals surface area contributed by atoms with Crippen molar-refractivity contribution in [2.24, 2.45) is 0 Å². The fraction of sp³-hybridized carbons (Fsp3) is 0.400. The van der Waals surface area contributed by atoms with E-state index < -0.39 is 33.5 Å². The second kappa shape index (κ2) is 9.54. The third-order valence-electron chi connectivity index (χ3n) is 3.98. The quantitative estimate of drug-likeness (QED) is 0.531. The van der Waals surface area contributed by atoms with Gasteiger partial charge in [-0.15, -0.1) is 0 Å². The lowest BCUT2D eigenvalue weighted by Crippen LogP contribution is -2.40. The van der Waals surface area contributed by atoms with Gasteiger partial charge in [-0.1, -0.05) is 12.1 Å². The number of sulfonamides is 1. The van der Waals surface area contributed by atoms with Gasteiger partial charge in [0.15, 0.2) is 11.4 Å². The van der Waals surface area contributed by atoms with E-state index in [0.29, 0.717) is 9.87 Å². The summed E-state index contributed by atoms with van der Waals surface area (Å²) >= 11 is 0. The molecule has 2 aromatic rings. The monoisotopic (exact) mass is 460 g/mol. The predicted molar refractivity (Wildman–Crippen MR) is 108 cm³/mol. The second-order valence-electron chi connectivity index (χ2n) is 7.07. The van der Waals surface area contributed by atoms with E-state index in [0.717, 1.165) is 0 Å². The molecule has 0 saturated heterocycles. The van der Waals surface area contributed by atoms with Gasteiger partial charge in [0.1, 0.15) is 5.75 Å². The van der Waals surface area contributed by atoms with Gasteiger partial charge in [0.25, 0.3) is 0 Å². The molecule has 0 atom stereocenters. The molecule has 0 amide bonds. The van der Waals surface area contributed by atoms with Crippen molar-refractivity contribution in [3.8, 4) is 5.75 Å². The average molecular weight is 460 g/mol. The highest BCUT2D eigenvalue weighted by Crippen LogP contribution is 2.30. The SMILES string of the molecule is CCOC(=O)C(C)(C)Oc1cccc(N(Cc2cccnc2)S(=O)(=O)CC(F)(F)F)c1. The Kier molecular flexibility index (Phi) is 7.53. The van der Waals surface area contributed by atoms with Gasteiger partial charge in [0.2, 0.25) is 10.0 Å². The first-order chi connectivity index (χ1) is 14.3. The molecular formula is C20H23F3N2O5S. The Balaban J connectivity index is 2.42. The van der Waals surface area contributed by atoms with Crippen LogP contribution in [0.5, 0.6) is 5.75 Å². The van der Waals surface area contributed by atoms with Crippen molar-refractivity contribution in [3.63, 3.8) is 0 Å². The lowest BCUT2D eigenvalue weighted by Gasteiger charge is -2.27. The minimum absolute atomic E-state index is 0.0507. The van der Waals surface area contributed by atoms with Gasteiger partial charge in [-0.05, 0) is 44.5 Å². The maximum atomic E-state index is 12.9. The number of aromatic nitrogens is 1. The molecule has 11 heteroatoms. The Labute approximate surface area is 178 Å². The zero-order chi connectivity index (χ0) is 23.3. The first-order valence-corrected chi connectivity index (χ1v) is 10.9. The van der Waals surface area contributed by atoms with Crippen molar-refractivity contribution >= 4 is 21.7 Å². The molecule has 0 aliphatic carbocycles. The van der Waals surface area contributed by atoms with Crippen LogP contribution in [0, 0.1) is 0 Å². The lowest BCUT2D eigenvalue weighted by atomic mass is 10.1. The molecule has 2 rings (SSSR count). The molecule has 0 aliphatic rings. The fourth-order valence-corrected chi connectivity index (χ4v) is 3.99. The van der Waals surface area contributed by atoms with Gasteiger partial charge in [0, 0.05) is 18.5 Å². The maximum absolute atomic E-state index is 12.9. The smallest absolute Gasteiger partial charge is 0.404 e. The summed E-state index contributed by atoms with van der Waals surface area (Å²) in [6.45, 7) is 4.34. The zero-order valence-electron chi connectivity index (χ0n) is 17.2. The number of benzene rings is 1. The molecule has 1 aromatic heterocycles. The van der Waals surface area contributed by atoms with E-state index in [-0.39, 0.29) is 24.6 Å². The molecule has 7 nitrogen and oxygen atoms in total. The van der Waals surface area contributed by atoms with Crippen LogP contribution in [0.25, 0.3) is 0 Å². The molecule has 0 N–H and O–H groups in total. The molecule has 170 valence electrons. The summed E-state index contributed by atoms with van der Waals surface area (Å²) in [4.78, 5) is 15.9. The zero-order valence-corrected chi connectivity index (χ0v) is 18.0. The van der Waals surface area contributed by atoms with Crippen LogP contribution in [0.1, 0.15) is 26.3 Å². The topological polar surface area (TPSA) is 85.8 Å². The number of esters is 1. The summed E-state index contributed by atoms with van der Waals surface area (Å²) in [5.74, 6) is -2.58. The summed E-state index contributed by atoms with van der Waals surface area (Å²) in [5.41, 5.74) is -1.05. The molecule has 0 radical (unpaired) electrons. The van der Waals surface area contributed by atoms with Gasteiger partial charge >= 0.3 is 12.1 Å². The summed E-state index contributed by atoms with van der Waals surface area (Å²) in [6.07, 6.45) is -2.10. The highest BCUT2D eigenvalue weighted by molar-refractivity contribution is 7.92. The highest BCUT2D eigenvalue weighted by atomic mass is 32.2. The van der Waals surface area contributed by atoms with Crippen LogP contribution in [0.15, 0.2) is 48.8 Å². The number of hydrogen-bond acceptors (Lipinski definition) is 6. The first kappa shape index (κ1) is 24.4. The molecule has 0 bridgehead atoms. The van der Waals surface area contributed by atoms with Crippen LogP contribution in [-0.4, -0.2) is 43.5 Å². The Bertz CT molecular complexity index is 995. The highest BCUT2D eigenvalue weighted by Gasteiger charge is 2.39. The largest absolute Gasteiger partial charge is 0.476 e. The Morgan fingerprint density at radius 1 is 1.16 bits per heavy atom. The number of hydrogen-bond donors (Lipinski definition) is 0. The third-order valence-corrected chi connectivity index (χ3v) is 5.68. The van der Waals surface area contributed by atoms with Crippen molar-refractivity contribution in [3.05, 3.63) is 54.4 Å². The van der Waals surface area contributed by atoms with Crippen LogP contribution in [0.4, 0.5) is 18.9 Å². The van der Waals surface area contributed by atoms with E-state index in [1.807, 2.05) is 0 Å². The second-order valence-corrected chi connectivity index (χ2v) is 8.96. The van der Waals surface area contributed by atoms with Crippen molar-refractivity contribution in [2.45, 2.75) is 39.1 Å². The predicted octanol–water partition coefficient (Wildman–Crippen LogP) is 3.70. The van der Waals surface area contributed by atoms with Crippen LogP contribution in [-0.2, 0) is 26.1 Å². The maximum Gasteiger partial charge on any atom is 0.404 e. The van der Waals surface area contributed by atoms with Gasteiger partial charge in [-0.25, -0.2) is 13.2 Å². The number of carbonyl (C=O) groups is 1. The average Bonchev–Trinajstić information content (AvgIpc) is 2.65.